The highest BCUT2D eigenvalue weighted by atomic mass is 35.5. The van der Waals surface area contributed by atoms with E-state index >= 15 is 0 Å². The molecule has 0 saturated carbocycles. The van der Waals surface area contributed by atoms with Gasteiger partial charge in [-0.05, 0) is 42.0 Å². The number of piperazine rings is 1. The van der Waals surface area contributed by atoms with Crippen LogP contribution >= 0.6 is 23.2 Å². The number of alkyl halides is 2. The van der Waals surface area contributed by atoms with Gasteiger partial charge in [0.25, 0.3) is 5.91 Å². The van der Waals surface area contributed by atoms with E-state index in [1.165, 1.54) is 0 Å². The molecule has 7 heteroatoms. The minimum atomic E-state index is -1.09. The van der Waals surface area contributed by atoms with Crippen LogP contribution in [0.5, 0.6) is 0 Å². The summed E-state index contributed by atoms with van der Waals surface area (Å²) < 4.78 is 0. The third kappa shape index (κ3) is 7.17. The zero-order valence-corrected chi connectivity index (χ0v) is 18.7. The third-order valence-electron chi connectivity index (χ3n) is 4.81. The number of hydrogen-bond donors (Lipinski definition) is 1. The van der Waals surface area contributed by atoms with Crippen LogP contribution in [0.25, 0.3) is 0 Å². The van der Waals surface area contributed by atoms with E-state index in [9.17, 15) is 9.59 Å². The van der Waals surface area contributed by atoms with Gasteiger partial charge in [-0.3, -0.25) is 9.59 Å². The lowest BCUT2D eigenvalue weighted by Crippen LogP contribution is -2.49. The van der Waals surface area contributed by atoms with Crippen molar-refractivity contribution in [1.82, 2.24) is 4.90 Å². The normalized spacial score (nSPS) is 16.2. The van der Waals surface area contributed by atoms with Crippen molar-refractivity contribution in [3.63, 3.8) is 0 Å². The van der Waals surface area contributed by atoms with Gasteiger partial charge in [-0.25, -0.2) is 0 Å². The second-order valence-corrected chi connectivity index (χ2v) is 9.88. The Labute approximate surface area is 178 Å². The standard InChI is InChI=1S/C21H31Cl2N3O2/c1-15(14-21(2,3)4)13-18(27)26-11-9-25(10-12-26)17-7-5-16(6-8-17)24-20(28)19(22)23/h5-8,15,19H,9-14H2,1-4H3,(H,24,28)/t15-/m1/s1. The van der Waals surface area contributed by atoms with Gasteiger partial charge in [-0.1, -0.05) is 50.9 Å². The van der Waals surface area contributed by atoms with Gasteiger partial charge in [0.2, 0.25) is 5.91 Å². The number of amides is 2. The number of nitrogens with zero attached hydrogens (tertiary/aromatic N) is 2. The molecular formula is C21H31Cl2N3O2. The first-order valence-electron chi connectivity index (χ1n) is 9.77. The highest BCUT2D eigenvalue weighted by molar-refractivity contribution is 6.54. The van der Waals surface area contributed by atoms with Crippen molar-refractivity contribution in [3.05, 3.63) is 24.3 Å². The molecule has 0 radical (unpaired) electrons. The minimum absolute atomic E-state index is 0.248. The van der Waals surface area contributed by atoms with Crippen LogP contribution in [0.1, 0.15) is 40.5 Å². The summed E-state index contributed by atoms with van der Waals surface area (Å²) in [5.41, 5.74) is 1.97. The van der Waals surface area contributed by atoms with E-state index in [1.54, 1.807) is 0 Å². The molecule has 1 fully saturated rings. The third-order valence-corrected chi connectivity index (χ3v) is 5.21. The van der Waals surface area contributed by atoms with Crippen LogP contribution in [0.15, 0.2) is 24.3 Å². The van der Waals surface area contributed by atoms with Gasteiger partial charge in [0.1, 0.15) is 0 Å². The summed E-state index contributed by atoms with van der Waals surface area (Å²) in [5, 5.41) is 2.65. The molecule has 0 aliphatic carbocycles. The number of halogens is 2. The monoisotopic (exact) mass is 427 g/mol. The lowest BCUT2D eigenvalue weighted by molar-refractivity contribution is -0.132. The van der Waals surface area contributed by atoms with Crippen LogP contribution in [0.4, 0.5) is 11.4 Å². The largest absolute Gasteiger partial charge is 0.368 e. The smallest absolute Gasteiger partial charge is 0.257 e. The van der Waals surface area contributed by atoms with Crippen molar-refractivity contribution in [1.29, 1.82) is 0 Å². The molecule has 0 aromatic heterocycles. The molecule has 1 heterocycles. The molecule has 28 heavy (non-hydrogen) atoms. The summed E-state index contributed by atoms with van der Waals surface area (Å²) in [5.74, 6) is 0.212. The minimum Gasteiger partial charge on any atom is -0.368 e. The van der Waals surface area contributed by atoms with Crippen LogP contribution in [0.3, 0.4) is 0 Å². The first-order chi connectivity index (χ1) is 13.0. The molecule has 1 aromatic rings. The number of benzene rings is 1. The Morgan fingerprint density at radius 3 is 2.14 bits per heavy atom. The Kier molecular flexibility index (Phi) is 8.02. The summed E-state index contributed by atoms with van der Waals surface area (Å²) >= 11 is 11.1. The van der Waals surface area contributed by atoms with Crippen LogP contribution in [0, 0.1) is 11.3 Å². The van der Waals surface area contributed by atoms with Crippen molar-refractivity contribution in [2.24, 2.45) is 11.3 Å². The fourth-order valence-corrected chi connectivity index (χ4v) is 3.82. The first-order valence-corrected chi connectivity index (χ1v) is 10.6. The average molecular weight is 428 g/mol. The number of nitrogens with one attached hydrogen (secondary N) is 1. The van der Waals surface area contributed by atoms with Crippen molar-refractivity contribution in [3.8, 4) is 0 Å². The van der Waals surface area contributed by atoms with Crippen molar-refractivity contribution < 1.29 is 9.59 Å². The van der Waals surface area contributed by atoms with E-state index in [4.69, 9.17) is 23.2 Å². The summed E-state index contributed by atoms with van der Waals surface area (Å²) in [6, 6.07) is 7.57. The molecule has 0 bridgehead atoms. The maximum atomic E-state index is 12.6. The molecule has 5 nitrogen and oxygen atoms in total. The fraction of sp³-hybridized carbons (Fsp3) is 0.619. The SMILES string of the molecule is C[C@H](CC(=O)N1CCN(c2ccc(NC(=O)C(Cl)Cl)cc2)CC1)CC(C)(C)C. The van der Waals surface area contributed by atoms with Crippen LogP contribution in [0.2, 0.25) is 0 Å². The predicted molar refractivity (Wildman–Crippen MR) is 117 cm³/mol. The Morgan fingerprint density at radius 2 is 1.64 bits per heavy atom. The van der Waals surface area contributed by atoms with E-state index in [1.807, 2.05) is 29.2 Å². The quantitative estimate of drug-likeness (QED) is 0.677. The molecule has 0 spiro atoms. The predicted octanol–water partition coefficient (Wildman–Crippen LogP) is 4.54. The first kappa shape index (κ1) is 22.8. The number of hydrogen-bond acceptors (Lipinski definition) is 3. The molecule has 2 rings (SSSR count). The van der Waals surface area contributed by atoms with Crippen molar-refractivity contribution >= 4 is 46.4 Å². The van der Waals surface area contributed by atoms with Crippen molar-refractivity contribution in [2.75, 3.05) is 36.4 Å². The summed E-state index contributed by atoms with van der Waals surface area (Å²) in [4.78, 5) is 27.3. The summed E-state index contributed by atoms with van der Waals surface area (Å²) in [6.45, 7) is 11.9. The molecule has 1 aliphatic heterocycles. The average Bonchev–Trinajstić information content (AvgIpc) is 2.60. The van der Waals surface area contributed by atoms with Crippen LogP contribution < -0.4 is 10.2 Å². The zero-order chi connectivity index (χ0) is 20.9. The molecule has 0 unspecified atom stereocenters. The van der Waals surface area contributed by atoms with E-state index in [2.05, 4.69) is 37.9 Å². The van der Waals surface area contributed by atoms with Crippen molar-refractivity contribution in [2.45, 2.75) is 45.4 Å². The van der Waals surface area contributed by atoms with Gasteiger partial charge in [0.15, 0.2) is 4.84 Å². The summed E-state index contributed by atoms with van der Waals surface area (Å²) in [6.07, 6.45) is 1.67. The second kappa shape index (κ2) is 9.84. The van der Waals surface area contributed by atoms with E-state index in [-0.39, 0.29) is 11.3 Å². The number of anilines is 2. The number of carbonyl (C=O) groups excluding carboxylic acids is 2. The van der Waals surface area contributed by atoms with Gasteiger partial charge < -0.3 is 15.1 Å². The molecule has 156 valence electrons. The highest BCUT2D eigenvalue weighted by Crippen LogP contribution is 2.27. The lowest BCUT2D eigenvalue weighted by Gasteiger charge is -2.37. The molecule has 1 atom stereocenters. The van der Waals surface area contributed by atoms with Gasteiger partial charge in [-0.15, -0.1) is 0 Å². The fourth-order valence-electron chi connectivity index (χ4n) is 3.71. The van der Waals surface area contributed by atoms with Gasteiger partial charge in [0, 0.05) is 44.0 Å². The Hall–Kier alpha value is -1.46. The molecule has 1 N–H and O–H groups in total. The number of carbonyl (C=O) groups is 2. The molecular weight excluding hydrogens is 397 g/mol. The summed E-state index contributed by atoms with van der Waals surface area (Å²) in [7, 11) is 0. The maximum absolute atomic E-state index is 12.6. The zero-order valence-electron chi connectivity index (χ0n) is 17.2. The van der Waals surface area contributed by atoms with Crippen LogP contribution in [-0.2, 0) is 9.59 Å². The van der Waals surface area contributed by atoms with Crippen LogP contribution in [-0.4, -0.2) is 47.7 Å². The van der Waals surface area contributed by atoms with E-state index < -0.39 is 10.7 Å². The lowest BCUT2D eigenvalue weighted by atomic mass is 9.84. The Balaban J connectivity index is 1.83. The highest BCUT2D eigenvalue weighted by Gasteiger charge is 2.24. The topological polar surface area (TPSA) is 52.7 Å². The molecule has 1 aliphatic rings. The van der Waals surface area contributed by atoms with E-state index in [0.29, 0.717) is 18.0 Å². The second-order valence-electron chi connectivity index (χ2n) is 8.78. The van der Waals surface area contributed by atoms with E-state index in [0.717, 1.165) is 38.3 Å². The Bertz CT molecular complexity index is 663. The molecule has 1 aromatic carbocycles. The van der Waals surface area contributed by atoms with Gasteiger partial charge in [0.05, 0.1) is 0 Å². The van der Waals surface area contributed by atoms with Gasteiger partial charge >= 0.3 is 0 Å². The maximum Gasteiger partial charge on any atom is 0.257 e. The van der Waals surface area contributed by atoms with Gasteiger partial charge in [-0.2, -0.15) is 0 Å². The molecule has 2 amide bonds. The molecule has 1 saturated heterocycles. The Morgan fingerprint density at radius 1 is 1.07 bits per heavy atom. The number of rotatable bonds is 6.